The lowest BCUT2D eigenvalue weighted by molar-refractivity contribution is -0.117. The maximum atomic E-state index is 12.2. The van der Waals surface area contributed by atoms with E-state index in [2.05, 4.69) is 58.1 Å². The number of carbonyl (C=O) groups excluding carboxylic acids is 1. The largest absolute Gasteiger partial charge is 0.361 e. The van der Waals surface area contributed by atoms with E-state index in [4.69, 9.17) is 0 Å². The Labute approximate surface area is 135 Å². The molecule has 0 bridgehead atoms. The minimum Gasteiger partial charge on any atom is -0.361 e. The average molecular weight is 299 g/mol. The first-order valence-corrected chi connectivity index (χ1v) is 8.39. The van der Waals surface area contributed by atoms with Crippen molar-refractivity contribution in [1.82, 2.24) is 0 Å². The topological polar surface area (TPSA) is 29.1 Å². The van der Waals surface area contributed by atoms with Crippen molar-refractivity contribution in [3.05, 3.63) is 41.1 Å². The van der Waals surface area contributed by atoms with Gasteiger partial charge in [-0.15, -0.1) is 0 Å². The molecule has 1 aliphatic carbocycles. The number of ketones is 1. The average Bonchev–Trinajstić information content (AvgIpc) is 2.47. The van der Waals surface area contributed by atoms with Crippen molar-refractivity contribution in [2.75, 3.05) is 5.32 Å². The number of allylic oxidation sites excluding steroid dienone is 1. The number of rotatable bonds is 4. The number of benzene rings is 1. The Bertz CT molecular complexity index is 583. The Morgan fingerprint density at radius 3 is 2.68 bits per heavy atom. The monoisotopic (exact) mass is 299 g/mol. The van der Waals surface area contributed by atoms with Gasteiger partial charge >= 0.3 is 0 Å². The summed E-state index contributed by atoms with van der Waals surface area (Å²) in [6, 6.07) is 6.34. The summed E-state index contributed by atoms with van der Waals surface area (Å²) in [6.07, 6.45) is 5.72. The van der Waals surface area contributed by atoms with Crippen LogP contribution in [0.25, 0.3) is 0 Å². The Balaban J connectivity index is 2.13. The van der Waals surface area contributed by atoms with Gasteiger partial charge in [0.2, 0.25) is 0 Å². The van der Waals surface area contributed by atoms with Crippen molar-refractivity contribution < 1.29 is 4.79 Å². The van der Waals surface area contributed by atoms with Crippen LogP contribution in [0.3, 0.4) is 0 Å². The summed E-state index contributed by atoms with van der Waals surface area (Å²) in [5.41, 5.74) is 4.82. The van der Waals surface area contributed by atoms with Crippen LogP contribution in [0.1, 0.15) is 57.6 Å². The van der Waals surface area contributed by atoms with Gasteiger partial charge in [0.15, 0.2) is 5.78 Å². The highest BCUT2D eigenvalue weighted by molar-refractivity contribution is 5.96. The van der Waals surface area contributed by atoms with E-state index >= 15 is 0 Å². The Morgan fingerprint density at radius 1 is 1.32 bits per heavy atom. The third-order valence-electron chi connectivity index (χ3n) is 5.34. The molecule has 1 saturated carbocycles. The van der Waals surface area contributed by atoms with E-state index in [0.29, 0.717) is 23.5 Å². The van der Waals surface area contributed by atoms with Crippen LogP contribution in [0.5, 0.6) is 0 Å². The highest BCUT2D eigenvalue weighted by atomic mass is 16.1. The molecule has 2 heteroatoms. The first-order chi connectivity index (χ1) is 10.3. The van der Waals surface area contributed by atoms with Crippen LogP contribution in [0, 0.1) is 25.2 Å². The van der Waals surface area contributed by atoms with Gasteiger partial charge in [0.05, 0.1) is 0 Å². The molecule has 0 aliphatic heterocycles. The van der Waals surface area contributed by atoms with Crippen molar-refractivity contribution >= 4 is 11.5 Å². The summed E-state index contributed by atoms with van der Waals surface area (Å²) in [4.78, 5) is 12.2. The summed E-state index contributed by atoms with van der Waals surface area (Å²) < 4.78 is 0. The van der Waals surface area contributed by atoms with E-state index in [1.165, 1.54) is 11.1 Å². The minimum absolute atomic E-state index is 0.305. The molecule has 22 heavy (non-hydrogen) atoms. The Morgan fingerprint density at radius 2 is 2.05 bits per heavy atom. The van der Waals surface area contributed by atoms with Crippen LogP contribution in [0.15, 0.2) is 30.0 Å². The van der Waals surface area contributed by atoms with Crippen LogP contribution in [-0.4, -0.2) is 5.78 Å². The van der Waals surface area contributed by atoms with Gasteiger partial charge in [0.25, 0.3) is 0 Å². The number of hydrogen-bond donors (Lipinski definition) is 1. The highest BCUT2D eigenvalue weighted by Gasteiger charge is 2.33. The third kappa shape index (κ3) is 3.79. The maximum absolute atomic E-state index is 12.2. The molecular formula is C20H29NO. The Hall–Kier alpha value is -1.57. The zero-order valence-corrected chi connectivity index (χ0v) is 14.6. The molecule has 1 fully saturated rings. The maximum Gasteiger partial charge on any atom is 0.160 e. The zero-order chi connectivity index (χ0) is 16.3. The molecule has 2 nitrogen and oxygen atoms in total. The van der Waals surface area contributed by atoms with E-state index < -0.39 is 0 Å². The van der Waals surface area contributed by atoms with Crippen LogP contribution < -0.4 is 5.32 Å². The lowest BCUT2D eigenvalue weighted by Gasteiger charge is -2.36. The molecule has 0 radical (unpaired) electrons. The molecule has 0 aromatic heterocycles. The molecule has 0 unspecified atom stereocenters. The van der Waals surface area contributed by atoms with Gasteiger partial charge in [-0.3, -0.25) is 4.79 Å². The first kappa shape index (κ1) is 16.8. The molecule has 0 spiro atoms. The fourth-order valence-electron chi connectivity index (χ4n) is 3.18. The zero-order valence-electron chi connectivity index (χ0n) is 14.6. The molecule has 2 rings (SSSR count). The third-order valence-corrected chi connectivity index (χ3v) is 5.34. The second-order valence-electron chi connectivity index (χ2n) is 7.34. The number of hydrogen-bond acceptors (Lipinski definition) is 2. The molecule has 1 aromatic rings. The predicted octanol–water partition coefficient (Wildman–Crippen LogP) is 5.40. The van der Waals surface area contributed by atoms with E-state index in [9.17, 15) is 4.79 Å². The quantitative estimate of drug-likeness (QED) is 0.754. The lowest BCUT2D eigenvalue weighted by Crippen LogP contribution is -2.29. The van der Waals surface area contributed by atoms with E-state index in [0.717, 1.165) is 30.5 Å². The summed E-state index contributed by atoms with van der Waals surface area (Å²) in [7, 11) is 0. The molecule has 0 heterocycles. The fourth-order valence-corrected chi connectivity index (χ4v) is 3.18. The Kier molecular flexibility index (Phi) is 5.10. The first-order valence-electron chi connectivity index (χ1n) is 8.39. The van der Waals surface area contributed by atoms with Gasteiger partial charge in [-0.25, -0.2) is 0 Å². The van der Waals surface area contributed by atoms with Gasteiger partial charge < -0.3 is 5.32 Å². The summed E-state index contributed by atoms with van der Waals surface area (Å²) in [5, 5.41) is 3.35. The minimum atomic E-state index is 0.305. The van der Waals surface area contributed by atoms with E-state index in [1.807, 2.05) is 6.20 Å². The standard InChI is InChI=1S/C20H29NO/c1-6-20(4,5)17-8-10-19(22)16(12-17)13-21-18-9-7-14(2)11-15(18)3/h7,9,11,13,17,21H,6,8,10,12H2,1-5H3/b16-13+/t17-/m1/s1. The summed E-state index contributed by atoms with van der Waals surface area (Å²) in [6.45, 7) is 11.1. The van der Waals surface area contributed by atoms with Gasteiger partial charge in [0, 0.05) is 23.9 Å². The van der Waals surface area contributed by atoms with Crippen LogP contribution in [0.4, 0.5) is 5.69 Å². The molecule has 0 amide bonds. The smallest absolute Gasteiger partial charge is 0.160 e. The van der Waals surface area contributed by atoms with E-state index in [-0.39, 0.29) is 0 Å². The van der Waals surface area contributed by atoms with Crippen molar-refractivity contribution in [1.29, 1.82) is 0 Å². The normalized spacial score (nSPS) is 21.2. The number of anilines is 1. The molecule has 1 aliphatic rings. The molecular weight excluding hydrogens is 270 g/mol. The van der Waals surface area contributed by atoms with Crippen molar-refractivity contribution in [3.63, 3.8) is 0 Å². The van der Waals surface area contributed by atoms with E-state index in [1.54, 1.807) is 0 Å². The fraction of sp³-hybridized carbons (Fsp3) is 0.550. The molecule has 1 atom stereocenters. The molecule has 1 N–H and O–H groups in total. The molecule has 0 saturated heterocycles. The summed E-state index contributed by atoms with van der Waals surface area (Å²) >= 11 is 0. The van der Waals surface area contributed by atoms with Gasteiger partial charge in [-0.2, -0.15) is 0 Å². The number of Topliss-reactive ketones (excluding diaryl/α,β-unsaturated/α-hetero) is 1. The number of aryl methyl sites for hydroxylation is 2. The molecule has 120 valence electrons. The second kappa shape index (κ2) is 6.68. The van der Waals surface area contributed by atoms with Gasteiger partial charge in [-0.1, -0.05) is 44.9 Å². The second-order valence-corrected chi connectivity index (χ2v) is 7.34. The SMILES string of the molecule is CCC(C)(C)[C@@H]1CCC(=O)/C(=C/Nc2ccc(C)cc2C)C1. The lowest BCUT2D eigenvalue weighted by atomic mass is 9.68. The van der Waals surface area contributed by atoms with Crippen molar-refractivity contribution in [2.45, 2.75) is 60.3 Å². The highest BCUT2D eigenvalue weighted by Crippen LogP contribution is 2.41. The van der Waals surface area contributed by atoms with Gasteiger partial charge in [-0.05, 0) is 49.7 Å². The van der Waals surface area contributed by atoms with Gasteiger partial charge in [0.1, 0.15) is 0 Å². The van der Waals surface area contributed by atoms with Crippen molar-refractivity contribution in [2.24, 2.45) is 11.3 Å². The van der Waals surface area contributed by atoms with Crippen molar-refractivity contribution in [3.8, 4) is 0 Å². The van der Waals surface area contributed by atoms with Crippen LogP contribution >= 0.6 is 0 Å². The van der Waals surface area contributed by atoms with Crippen LogP contribution in [-0.2, 0) is 4.79 Å². The summed E-state index contributed by atoms with van der Waals surface area (Å²) in [5.74, 6) is 0.905. The number of nitrogens with one attached hydrogen (secondary N) is 1. The van der Waals surface area contributed by atoms with Crippen LogP contribution in [0.2, 0.25) is 0 Å². The molecule has 1 aromatic carbocycles. The predicted molar refractivity (Wildman–Crippen MR) is 94.0 cm³/mol. The number of carbonyl (C=O) groups is 1.